The molecule has 1 aliphatic heterocycles. The van der Waals surface area contributed by atoms with Crippen molar-refractivity contribution in [2.75, 3.05) is 10.6 Å². The zero-order valence-corrected chi connectivity index (χ0v) is 9.27. The molecule has 0 bridgehead atoms. The molecular weight excluding hydrogens is 212 g/mol. The van der Waals surface area contributed by atoms with Crippen molar-refractivity contribution in [1.29, 1.82) is 0 Å². The van der Waals surface area contributed by atoms with Gasteiger partial charge in [-0.2, -0.15) is 0 Å². The fourth-order valence-corrected chi connectivity index (χ4v) is 1.88. The Morgan fingerprint density at radius 2 is 2.20 bits per heavy atom. The van der Waals surface area contributed by atoms with Crippen molar-refractivity contribution in [1.82, 2.24) is 0 Å². The SMILES string of the molecule is CCCC1Nc2cc(Cl)ccc2NC1=O. The summed E-state index contributed by atoms with van der Waals surface area (Å²) in [5, 5.41) is 6.73. The number of fused-ring (bicyclic) bond motifs is 1. The first kappa shape index (κ1) is 10.3. The van der Waals surface area contributed by atoms with Crippen molar-refractivity contribution >= 4 is 28.9 Å². The number of hydrogen-bond donors (Lipinski definition) is 2. The molecule has 15 heavy (non-hydrogen) atoms. The van der Waals surface area contributed by atoms with E-state index in [1.165, 1.54) is 0 Å². The molecule has 1 atom stereocenters. The first-order chi connectivity index (χ1) is 7.20. The highest BCUT2D eigenvalue weighted by Crippen LogP contribution is 2.30. The van der Waals surface area contributed by atoms with Crippen molar-refractivity contribution in [2.45, 2.75) is 25.8 Å². The smallest absolute Gasteiger partial charge is 0.246 e. The van der Waals surface area contributed by atoms with Crippen LogP contribution in [0.3, 0.4) is 0 Å². The zero-order chi connectivity index (χ0) is 10.8. The standard InChI is InChI=1S/C11H13ClN2O/c1-2-3-9-11(15)14-8-5-4-7(12)6-10(8)13-9/h4-6,9,13H,2-3H2,1H3,(H,14,15). The van der Waals surface area contributed by atoms with Crippen LogP contribution in [0.15, 0.2) is 18.2 Å². The second-order valence-electron chi connectivity index (χ2n) is 3.66. The van der Waals surface area contributed by atoms with Crippen molar-refractivity contribution < 1.29 is 4.79 Å². The number of amides is 1. The van der Waals surface area contributed by atoms with Gasteiger partial charge in [0.2, 0.25) is 5.91 Å². The highest BCUT2D eigenvalue weighted by molar-refractivity contribution is 6.31. The molecule has 80 valence electrons. The van der Waals surface area contributed by atoms with E-state index in [1.54, 1.807) is 6.07 Å². The van der Waals surface area contributed by atoms with E-state index >= 15 is 0 Å². The fourth-order valence-electron chi connectivity index (χ4n) is 1.71. The number of rotatable bonds is 2. The van der Waals surface area contributed by atoms with E-state index in [-0.39, 0.29) is 11.9 Å². The van der Waals surface area contributed by atoms with Gasteiger partial charge in [0.05, 0.1) is 11.4 Å². The largest absolute Gasteiger partial charge is 0.372 e. The number of carbonyl (C=O) groups is 1. The molecule has 0 saturated carbocycles. The summed E-state index contributed by atoms with van der Waals surface area (Å²) < 4.78 is 0. The third-order valence-corrected chi connectivity index (χ3v) is 2.70. The summed E-state index contributed by atoms with van der Waals surface area (Å²) in [5.74, 6) is 0.0340. The van der Waals surface area contributed by atoms with Gasteiger partial charge in [-0.05, 0) is 24.6 Å². The van der Waals surface area contributed by atoms with Crippen LogP contribution in [0.25, 0.3) is 0 Å². The number of nitrogens with one attached hydrogen (secondary N) is 2. The molecule has 2 rings (SSSR count). The van der Waals surface area contributed by atoms with Crippen LogP contribution in [0, 0.1) is 0 Å². The summed E-state index contributed by atoms with van der Waals surface area (Å²) in [4.78, 5) is 11.6. The summed E-state index contributed by atoms with van der Waals surface area (Å²) in [7, 11) is 0. The van der Waals surface area contributed by atoms with Gasteiger partial charge in [-0.15, -0.1) is 0 Å². The lowest BCUT2D eigenvalue weighted by Crippen LogP contribution is -2.38. The molecular formula is C11H13ClN2O. The Morgan fingerprint density at radius 3 is 2.93 bits per heavy atom. The average molecular weight is 225 g/mol. The number of halogens is 1. The van der Waals surface area contributed by atoms with Gasteiger partial charge in [0.25, 0.3) is 0 Å². The van der Waals surface area contributed by atoms with E-state index in [1.807, 2.05) is 12.1 Å². The van der Waals surface area contributed by atoms with Crippen LogP contribution in [-0.2, 0) is 4.79 Å². The van der Waals surface area contributed by atoms with Crippen molar-refractivity contribution in [3.05, 3.63) is 23.2 Å². The van der Waals surface area contributed by atoms with E-state index in [0.717, 1.165) is 24.2 Å². The molecule has 0 saturated heterocycles. The Balaban J connectivity index is 2.26. The topological polar surface area (TPSA) is 41.1 Å². The minimum atomic E-state index is -0.138. The Hall–Kier alpha value is -1.22. The van der Waals surface area contributed by atoms with Gasteiger partial charge in [0, 0.05) is 5.02 Å². The summed E-state index contributed by atoms with van der Waals surface area (Å²) >= 11 is 5.89. The van der Waals surface area contributed by atoms with Gasteiger partial charge in [-0.1, -0.05) is 24.9 Å². The number of hydrogen-bond acceptors (Lipinski definition) is 2. The molecule has 1 aliphatic rings. The minimum absolute atomic E-state index is 0.0340. The van der Waals surface area contributed by atoms with E-state index < -0.39 is 0 Å². The fraction of sp³-hybridized carbons (Fsp3) is 0.364. The van der Waals surface area contributed by atoms with E-state index in [0.29, 0.717) is 5.02 Å². The van der Waals surface area contributed by atoms with Crippen LogP contribution < -0.4 is 10.6 Å². The lowest BCUT2D eigenvalue weighted by molar-refractivity contribution is -0.117. The van der Waals surface area contributed by atoms with Crippen LogP contribution in [0.1, 0.15) is 19.8 Å². The summed E-state index contributed by atoms with van der Waals surface area (Å²) in [6, 6.07) is 5.27. The van der Waals surface area contributed by atoms with Gasteiger partial charge < -0.3 is 10.6 Å². The molecule has 1 aromatic rings. The zero-order valence-electron chi connectivity index (χ0n) is 8.51. The van der Waals surface area contributed by atoms with Crippen LogP contribution >= 0.6 is 11.6 Å². The molecule has 1 unspecified atom stereocenters. The quantitative estimate of drug-likeness (QED) is 0.811. The first-order valence-corrected chi connectivity index (χ1v) is 5.45. The molecule has 3 nitrogen and oxygen atoms in total. The Labute approximate surface area is 93.8 Å². The molecule has 0 spiro atoms. The lowest BCUT2D eigenvalue weighted by Gasteiger charge is -2.26. The van der Waals surface area contributed by atoms with Crippen molar-refractivity contribution in [3.8, 4) is 0 Å². The van der Waals surface area contributed by atoms with Gasteiger partial charge in [-0.25, -0.2) is 0 Å². The molecule has 1 heterocycles. The highest BCUT2D eigenvalue weighted by Gasteiger charge is 2.24. The monoisotopic (exact) mass is 224 g/mol. The Bertz CT molecular complexity index is 392. The summed E-state index contributed by atoms with van der Waals surface area (Å²) in [6.07, 6.45) is 1.80. The molecule has 0 aromatic heterocycles. The maximum absolute atomic E-state index is 11.6. The molecule has 1 aromatic carbocycles. The van der Waals surface area contributed by atoms with Crippen LogP contribution in [0.2, 0.25) is 5.02 Å². The molecule has 0 aliphatic carbocycles. The first-order valence-electron chi connectivity index (χ1n) is 5.07. The van der Waals surface area contributed by atoms with Gasteiger partial charge in [0.1, 0.15) is 6.04 Å². The average Bonchev–Trinajstić information content (AvgIpc) is 2.20. The maximum atomic E-state index is 11.6. The summed E-state index contributed by atoms with van der Waals surface area (Å²) in [5.41, 5.74) is 1.71. The molecule has 1 amide bonds. The molecule has 0 fully saturated rings. The lowest BCUT2D eigenvalue weighted by atomic mass is 10.1. The van der Waals surface area contributed by atoms with Gasteiger partial charge >= 0.3 is 0 Å². The third kappa shape index (κ3) is 2.07. The molecule has 2 N–H and O–H groups in total. The highest BCUT2D eigenvalue weighted by atomic mass is 35.5. The number of carbonyl (C=O) groups excluding carboxylic acids is 1. The number of anilines is 2. The van der Waals surface area contributed by atoms with Crippen LogP contribution in [0.5, 0.6) is 0 Å². The van der Waals surface area contributed by atoms with Crippen molar-refractivity contribution in [3.63, 3.8) is 0 Å². The van der Waals surface area contributed by atoms with Gasteiger partial charge in [0.15, 0.2) is 0 Å². The molecule has 4 heteroatoms. The Morgan fingerprint density at radius 1 is 1.40 bits per heavy atom. The minimum Gasteiger partial charge on any atom is -0.372 e. The predicted molar refractivity (Wildman–Crippen MR) is 62.4 cm³/mol. The van der Waals surface area contributed by atoms with E-state index in [9.17, 15) is 4.79 Å². The Kier molecular flexibility index (Phi) is 2.82. The van der Waals surface area contributed by atoms with Crippen molar-refractivity contribution in [2.24, 2.45) is 0 Å². The normalized spacial score (nSPS) is 19.1. The summed E-state index contributed by atoms with van der Waals surface area (Å²) in [6.45, 7) is 2.06. The second kappa shape index (κ2) is 4.11. The maximum Gasteiger partial charge on any atom is 0.246 e. The second-order valence-corrected chi connectivity index (χ2v) is 4.10. The molecule has 0 radical (unpaired) electrons. The predicted octanol–water partition coefficient (Wildman–Crippen LogP) is 2.87. The van der Waals surface area contributed by atoms with Gasteiger partial charge in [-0.3, -0.25) is 4.79 Å². The van der Waals surface area contributed by atoms with E-state index in [2.05, 4.69) is 17.6 Å². The van der Waals surface area contributed by atoms with E-state index in [4.69, 9.17) is 11.6 Å². The number of benzene rings is 1. The van der Waals surface area contributed by atoms with Crippen LogP contribution in [0.4, 0.5) is 11.4 Å². The van der Waals surface area contributed by atoms with Crippen LogP contribution in [-0.4, -0.2) is 11.9 Å². The third-order valence-electron chi connectivity index (χ3n) is 2.46.